The summed E-state index contributed by atoms with van der Waals surface area (Å²) in [5.41, 5.74) is 0.673. The molecule has 28 heavy (non-hydrogen) atoms. The molecule has 1 saturated heterocycles. The summed E-state index contributed by atoms with van der Waals surface area (Å²) in [6.07, 6.45) is -2.18. The van der Waals surface area contributed by atoms with Crippen LogP contribution in [-0.2, 0) is 6.18 Å². The van der Waals surface area contributed by atoms with Gasteiger partial charge in [-0.05, 0) is 44.0 Å². The summed E-state index contributed by atoms with van der Waals surface area (Å²) in [5, 5.41) is 12.8. The van der Waals surface area contributed by atoms with Crippen molar-refractivity contribution >= 4 is 11.6 Å². The first-order valence-corrected chi connectivity index (χ1v) is 8.84. The van der Waals surface area contributed by atoms with Gasteiger partial charge in [0.2, 0.25) is 0 Å². The van der Waals surface area contributed by atoms with Gasteiger partial charge in [0.1, 0.15) is 5.69 Å². The van der Waals surface area contributed by atoms with Crippen molar-refractivity contribution in [2.75, 3.05) is 13.1 Å². The lowest BCUT2D eigenvalue weighted by molar-refractivity contribution is -0.141. The first-order chi connectivity index (χ1) is 13.3. The van der Waals surface area contributed by atoms with Gasteiger partial charge in [-0.3, -0.25) is 9.78 Å². The summed E-state index contributed by atoms with van der Waals surface area (Å²) in [7, 11) is 0. The highest BCUT2D eigenvalue weighted by Gasteiger charge is 2.33. The van der Waals surface area contributed by atoms with E-state index in [9.17, 15) is 18.0 Å². The second-order valence-corrected chi connectivity index (χ2v) is 6.80. The van der Waals surface area contributed by atoms with Crippen molar-refractivity contribution in [3.63, 3.8) is 0 Å². The van der Waals surface area contributed by atoms with E-state index in [1.165, 1.54) is 6.07 Å². The lowest BCUT2D eigenvalue weighted by Crippen LogP contribution is -2.38. The molecule has 3 aromatic heterocycles. The topological polar surface area (TPSA) is 76.3 Å². The van der Waals surface area contributed by atoms with E-state index >= 15 is 0 Å². The molecule has 0 atom stereocenters. The Hall–Kier alpha value is -3.04. The zero-order valence-electron chi connectivity index (χ0n) is 15.0. The number of rotatable bonds is 2. The fourth-order valence-corrected chi connectivity index (χ4v) is 3.36. The van der Waals surface area contributed by atoms with Crippen molar-refractivity contribution in [2.45, 2.75) is 31.9 Å². The number of carbonyl (C=O) groups is 1. The first kappa shape index (κ1) is 18.3. The summed E-state index contributed by atoms with van der Waals surface area (Å²) >= 11 is 0. The second kappa shape index (κ2) is 6.84. The fourth-order valence-electron chi connectivity index (χ4n) is 3.36. The van der Waals surface area contributed by atoms with Crippen molar-refractivity contribution in [2.24, 2.45) is 0 Å². The van der Waals surface area contributed by atoms with Crippen molar-refractivity contribution in [3.05, 3.63) is 53.2 Å². The quantitative estimate of drug-likeness (QED) is 0.673. The summed E-state index contributed by atoms with van der Waals surface area (Å²) in [4.78, 5) is 17.6. The predicted octanol–water partition coefficient (Wildman–Crippen LogP) is 2.87. The third-order valence-corrected chi connectivity index (χ3v) is 4.87. The zero-order valence-corrected chi connectivity index (χ0v) is 15.0. The maximum atomic E-state index is 12.6. The highest BCUT2D eigenvalue weighted by atomic mass is 19.4. The lowest BCUT2D eigenvalue weighted by atomic mass is 9.95. The molecule has 0 spiro atoms. The van der Waals surface area contributed by atoms with Gasteiger partial charge in [-0.1, -0.05) is 0 Å². The minimum atomic E-state index is -4.52. The lowest BCUT2D eigenvalue weighted by Gasteiger charge is -2.31. The Morgan fingerprint density at radius 3 is 2.50 bits per heavy atom. The number of piperidine rings is 1. The molecule has 1 aliphatic heterocycles. The van der Waals surface area contributed by atoms with Crippen LogP contribution in [0.1, 0.15) is 46.3 Å². The molecule has 0 N–H and O–H groups in total. The minimum absolute atomic E-state index is 0.110. The zero-order chi connectivity index (χ0) is 19.9. The number of halogens is 3. The van der Waals surface area contributed by atoms with Gasteiger partial charge in [0.25, 0.3) is 5.91 Å². The molecule has 4 rings (SSSR count). The SMILES string of the molecule is Cc1ccc2nnc(C3CCN(C(=O)c4ccc(C(F)(F)F)nc4)CC3)n2n1. The predicted molar refractivity (Wildman–Crippen MR) is 92.6 cm³/mol. The van der Waals surface area contributed by atoms with E-state index in [0.717, 1.165) is 23.8 Å². The molecule has 7 nitrogen and oxygen atoms in total. The minimum Gasteiger partial charge on any atom is -0.339 e. The van der Waals surface area contributed by atoms with Gasteiger partial charge in [-0.2, -0.15) is 22.8 Å². The largest absolute Gasteiger partial charge is 0.433 e. The van der Waals surface area contributed by atoms with Crippen LogP contribution >= 0.6 is 0 Å². The molecule has 1 fully saturated rings. The average Bonchev–Trinajstić information content (AvgIpc) is 3.10. The second-order valence-electron chi connectivity index (χ2n) is 6.80. The van der Waals surface area contributed by atoms with E-state index < -0.39 is 11.9 Å². The number of aromatic nitrogens is 5. The van der Waals surface area contributed by atoms with E-state index in [2.05, 4.69) is 20.3 Å². The van der Waals surface area contributed by atoms with E-state index in [0.29, 0.717) is 31.6 Å². The third-order valence-electron chi connectivity index (χ3n) is 4.87. The molecule has 0 radical (unpaired) electrons. The highest BCUT2D eigenvalue weighted by molar-refractivity contribution is 5.94. The monoisotopic (exact) mass is 390 g/mol. The average molecular weight is 390 g/mol. The molecule has 0 unspecified atom stereocenters. The Balaban J connectivity index is 1.45. The number of likely N-dealkylation sites (tertiary alicyclic amines) is 1. The van der Waals surface area contributed by atoms with Crippen LogP contribution in [0.4, 0.5) is 13.2 Å². The number of hydrogen-bond donors (Lipinski definition) is 0. The number of amides is 1. The van der Waals surface area contributed by atoms with Gasteiger partial charge in [0, 0.05) is 25.2 Å². The first-order valence-electron chi connectivity index (χ1n) is 8.84. The smallest absolute Gasteiger partial charge is 0.339 e. The van der Waals surface area contributed by atoms with Gasteiger partial charge in [0.05, 0.1) is 11.3 Å². The number of alkyl halides is 3. The fraction of sp³-hybridized carbons (Fsp3) is 0.389. The van der Waals surface area contributed by atoms with Crippen LogP contribution in [-0.4, -0.2) is 48.7 Å². The van der Waals surface area contributed by atoms with E-state index in [-0.39, 0.29) is 17.4 Å². The molecule has 3 aromatic rings. The number of nitrogens with zero attached hydrogens (tertiary/aromatic N) is 6. The number of aryl methyl sites for hydroxylation is 1. The maximum absolute atomic E-state index is 12.6. The molecule has 146 valence electrons. The van der Waals surface area contributed by atoms with Crippen LogP contribution in [0.5, 0.6) is 0 Å². The normalized spacial score (nSPS) is 15.9. The number of pyridine rings is 1. The van der Waals surface area contributed by atoms with Crippen molar-refractivity contribution in [3.8, 4) is 0 Å². The Bertz CT molecular complexity index is 1010. The number of fused-ring (bicyclic) bond motifs is 1. The van der Waals surface area contributed by atoms with Crippen LogP contribution in [0.2, 0.25) is 0 Å². The standard InChI is InChI=1S/C18H17F3N6O/c1-11-2-5-15-23-24-16(27(15)25-11)12-6-8-26(9-7-12)17(28)13-3-4-14(22-10-13)18(19,20)21/h2-5,10,12H,6-9H2,1H3. The van der Waals surface area contributed by atoms with Gasteiger partial charge >= 0.3 is 6.18 Å². The van der Waals surface area contributed by atoms with E-state index in [1.807, 2.05) is 19.1 Å². The number of carbonyl (C=O) groups excluding carboxylic acids is 1. The molecule has 4 heterocycles. The molecule has 0 aliphatic carbocycles. The molecular formula is C18H17F3N6O. The number of hydrogen-bond acceptors (Lipinski definition) is 5. The van der Waals surface area contributed by atoms with Crippen molar-refractivity contribution in [1.82, 2.24) is 29.7 Å². The maximum Gasteiger partial charge on any atom is 0.433 e. The Labute approximate surface area is 158 Å². The van der Waals surface area contributed by atoms with Gasteiger partial charge in [-0.15, -0.1) is 10.2 Å². The van der Waals surface area contributed by atoms with Gasteiger partial charge < -0.3 is 4.90 Å². The summed E-state index contributed by atoms with van der Waals surface area (Å²) in [5.74, 6) is 0.556. The van der Waals surface area contributed by atoms with Crippen LogP contribution in [0.15, 0.2) is 30.5 Å². The molecule has 1 aliphatic rings. The van der Waals surface area contributed by atoms with Gasteiger partial charge in [0.15, 0.2) is 11.5 Å². The Kier molecular flexibility index (Phi) is 4.48. The molecule has 0 bridgehead atoms. The van der Waals surface area contributed by atoms with Crippen LogP contribution < -0.4 is 0 Å². The summed E-state index contributed by atoms with van der Waals surface area (Å²) < 4.78 is 39.6. The summed E-state index contributed by atoms with van der Waals surface area (Å²) in [6.45, 7) is 2.85. The Morgan fingerprint density at radius 1 is 1.11 bits per heavy atom. The third kappa shape index (κ3) is 3.41. The van der Waals surface area contributed by atoms with Crippen molar-refractivity contribution < 1.29 is 18.0 Å². The van der Waals surface area contributed by atoms with Crippen LogP contribution in [0, 0.1) is 6.92 Å². The van der Waals surface area contributed by atoms with Crippen LogP contribution in [0.25, 0.3) is 5.65 Å². The highest BCUT2D eigenvalue weighted by Crippen LogP contribution is 2.29. The molecule has 0 aromatic carbocycles. The van der Waals surface area contributed by atoms with E-state index in [1.54, 1.807) is 9.42 Å². The molecule has 0 saturated carbocycles. The van der Waals surface area contributed by atoms with Crippen molar-refractivity contribution in [1.29, 1.82) is 0 Å². The van der Waals surface area contributed by atoms with Crippen LogP contribution in [0.3, 0.4) is 0 Å². The molecule has 10 heteroatoms. The van der Waals surface area contributed by atoms with Gasteiger partial charge in [-0.25, -0.2) is 0 Å². The van der Waals surface area contributed by atoms with E-state index in [4.69, 9.17) is 0 Å². The summed E-state index contributed by atoms with van der Waals surface area (Å²) in [6, 6.07) is 5.72. The Morgan fingerprint density at radius 2 is 1.86 bits per heavy atom. The molecule has 1 amide bonds. The molecular weight excluding hydrogens is 373 g/mol.